The van der Waals surface area contributed by atoms with Gasteiger partial charge in [0.2, 0.25) is 5.95 Å². The highest BCUT2D eigenvalue weighted by molar-refractivity contribution is 7.99. The van der Waals surface area contributed by atoms with Gasteiger partial charge in [0.25, 0.3) is 0 Å². The van der Waals surface area contributed by atoms with Crippen molar-refractivity contribution in [3.63, 3.8) is 0 Å². The number of hydrogen-bond donors (Lipinski definition) is 2. The van der Waals surface area contributed by atoms with Gasteiger partial charge in [-0.25, -0.2) is 14.4 Å². The Bertz CT molecular complexity index is 1520. The summed E-state index contributed by atoms with van der Waals surface area (Å²) in [6, 6.07) is 5.91. The molecule has 3 N–H and O–H groups in total. The summed E-state index contributed by atoms with van der Waals surface area (Å²) in [5.41, 5.74) is 8.80. The van der Waals surface area contributed by atoms with Crippen LogP contribution in [0.25, 0.3) is 5.65 Å². The molecule has 6 rings (SSSR count). The zero-order chi connectivity index (χ0) is 27.4. The number of halogens is 1. The number of hydrogen-bond acceptors (Lipinski definition) is 10. The fourth-order valence-corrected chi connectivity index (χ4v) is 7.51. The summed E-state index contributed by atoms with van der Waals surface area (Å²) >= 11 is 6.62. The third kappa shape index (κ3) is 4.82. The highest BCUT2D eigenvalue weighted by atomic mass is 35.5. The maximum atomic E-state index is 13.2. The molecule has 204 valence electrons. The van der Waals surface area contributed by atoms with Gasteiger partial charge in [-0.05, 0) is 57.7 Å². The van der Waals surface area contributed by atoms with Crippen LogP contribution in [0.4, 0.5) is 11.8 Å². The van der Waals surface area contributed by atoms with Crippen LogP contribution in [0.5, 0.6) is 0 Å². The van der Waals surface area contributed by atoms with E-state index >= 15 is 0 Å². The normalized spacial score (nSPS) is 19.5. The Kier molecular flexibility index (Phi) is 6.87. The van der Waals surface area contributed by atoms with Crippen LogP contribution in [0.1, 0.15) is 50.9 Å². The van der Waals surface area contributed by atoms with Gasteiger partial charge in [-0.15, -0.1) is 14.9 Å². The molecule has 0 aromatic carbocycles. The van der Waals surface area contributed by atoms with E-state index in [1.807, 2.05) is 49.7 Å². The van der Waals surface area contributed by atoms with Gasteiger partial charge in [0.1, 0.15) is 16.9 Å². The van der Waals surface area contributed by atoms with Crippen LogP contribution >= 0.6 is 23.4 Å². The molecule has 0 radical (unpaired) electrons. The maximum absolute atomic E-state index is 13.2. The number of fused-ring (bicyclic) bond motifs is 2. The van der Waals surface area contributed by atoms with Gasteiger partial charge in [-0.3, -0.25) is 4.98 Å². The summed E-state index contributed by atoms with van der Waals surface area (Å²) in [5, 5.41) is 8.96. The predicted octanol–water partition coefficient (Wildman–Crippen LogP) is 4.24. The van der Waals surface area contributed by atoms with Gasteiger partial charge in [0.05, 0.1) is 16.0 Å². The van der Waals surface area contributed by atoms with E-state index in [0.717, 1.165) is 53.8 Å². The Labute approximate surface area is 239 Å². The van der Waals surface area contributed by atoms with Crippen LogP contribution in [0.2, 0.25) is 5.02 Å². The zero-order valence-corrected chi connectivity index (χ0v) is 24.4. The number of pyridine rings is 2. The molecular formula is C26H30ClN9OS2. The van der Waals surface area contributed by atoms with Gasteiger partial charge >= 0.3 is 0 Å². The molecule has 1 aliphatic heterocycles. The van der Waals surface area contributed by atoms with Crippen LogP contribution in [-0.4, -0.2) is 51.9 Å². The van der Waals surface area contributed by atoms with Crippen molar-refractivity contribution in [2.24, 2.45) is 5.41 Å². The van der Waals surface area contributed by atoms with Crippen molar-refractivity contribution < 1.29 is 4.55 Å². The fraction of sp³-hybridized carbons (Fsp3) is 0.423. The van der Waals surface area contributed by atoms with Crippen LogP contribution in [0.15, 0.2) is 52.9 Å². The van der Waals surface area contributed by atoms with Gasteiger partial charge in [-0.2, -0.15) is 0 Å². The van der Waals surface area contributed by atoms with E-state index < -0.39 is 11.4 Å². The van der Waals surface area contributed by atoms with Crippen molar-refractivity contribution >= 4 is 52.1 Å². The molecule has 0 amide bonds. The van der Waals surface area contributed by atoms with Gasteiger partial charge in [0.15, 0.2) is 5.65 Å². The second-order valence-electron chi connectivity index (χ2n) is 11.1. The number of nitrogens with zero attached hydrogens (tertiary/aromatic N) is 7. The SMILES string of the molecule is CC(C)(C)[S+]([O-])N[C@@H]1c2cccnc2CC12CCN(c1ncc(Sc3ccnc(N)c3Cl)c3nncn13)CC2. The Morgan fingerprint density at radius 2 is 1.95 bits per heavy atom. The molecule has 4 aromatic rings. The lowest BCUT2D eigenvalue weighted by atomic mass is 9.73. The van der Waals surface area contributed by atoms with E-state index in [0.29, 0.717) is 10.7 Å². The van der Waals surface area contributed by atoms with Crippen molar-refractivity contribution in [1.29, 1.82) is 0 Å². The molecule has 1 saturated heterocycles. The fourth-order valence-electron chi connectivity index (χ4n) is 5.45. The number of anilines is 2. The van der Waals surface area contributed by atoms with E-state index in [-0.39, 0.29) is 22.0 Å². The highest BCUT2D eigenvalue weighted by Crippen LogP contribution is 2.52. The van der Waals surface area contributed by atoms with Gasteiger partial charge in [-0.1, -0.05) is 29.4 Å². The molecule has 0 bridgehead atoms. The molecular weight excluding hydrogens is 554 g/mol. The monoisotopic (exact) mass is 583 g/mol. The third-order valence-electron chi connectivity index (χ3n) is 7.57. The number of piperidine rings is 1. The molecule has 2 aliphatic rings. The Morgan fingerprint density at radius 1 is 1.15 bits per heavy atom. The minimum atomic E-state index is -1.19. The summed E-state index contributed by atoms with van der Waals surface area (Å²) in [7, 11) is 0. The zero-order valence-electron chi connectivity index (χ0n) is 22.0. The Morgan fingerprint density at radius 3 is 2.72 bits per heavy atom. The first kappa shape index (κ1) is 26.6. The number of nitrogen functional groups attached to an aromatic ring is 1. The molecule has 1 aliphatic carbocycles. The quantitative estimate of drug-likeness (QED) is 0.329. The maximum Gasteiger partial charge on any atom is 0.212 e. The molecule has 2 atom stereocenters. The molecule has 0 saturated carbocycles. The lowest BCUT2D eigenvalue weighted by Gasteiger charge is -2.44. The van der Waals surface area contributed by atoms with E-state index in [2.05, 4.69) is 35.9 Å². The van der Waals surface area contributed by atoms with E-state index in [1.54, 1.807) is 12.5 Å². The number of rotatable bonds is 5. The molecule has 10 nitrogen and oxygen atoms in total. The molecule has 1 unspecified atom stereocenters. The minimum absolute atomic E-state index is 0.0115. The van der Waals surface area contributed by atoms with Crippen molar-refractivity contribution in [2.75, 3.05) is 23.7 Å². The molecule has 39 heavy (non-hydrogen) atoms. The summed E-state index contributed by atoms with van der Waals surface area (Å²) in [5.74, 6) is 1.08. The average molecular weight is 584 g/mol. The smallest absolute Gasteiger partial charge is 0.212 e. The number of nitrogens with two attached hydrogens (primary N) is 1. The first-order valence-corrected chi connectivity index (χ1v) is 15.1. The first-order chi connectivity index (χ1) is 18.7. The standard InChI is InChI=1S/C26H30ClN9OS2/c1-25(2,3)39(37)34-21-16-5-4-9-29-17(16)13-26(21)7-11-35(12-8-26)24-31-14-19(23-33-32-15-36(23)24)38-18-6-10-30-22(28)20(18)27/h4-6,9-10,14-15,21,34H,7-8,11-13H2,1-3H3,(H2,28,30)/t21-,39?/m1/s1. The predicted molar refractivity (Wildman–Crippen MR) is 154 cm³/mol. The van der Waals surface area contributed by atoms with Crippen LogP contribution in [-0.2, 0) is 17.8 Å². The van der Waals surface area contributed by atoms with E-state index in [4.69, 9.17) is 22.3 Å². The molecule has 5 heterocycles. The topological polar surface area (TPSA) is 133 Å². The second-order valence-corrected chi connectivity index (χ2v) is 14.5. The molecule has 4 aromatic heterocycles. The van der Waals surface area contributed by atoms with E-state index in [1.165, 1.54) is 17.3 Å². The van der Waals surface area contributed by atoms with Crippen molar-refractivity contribution in [3.8, 4) is 0 Å². The summed E-state index contributed by atoms with van der Waals surface area (Å²) in [6.45, 7) is 7.60. The second kappa shape index (κ2) is 10.1. The molecule has 1 spiro atoms. The lowest BCUT2D eigenvalue weighted by Crippen LogP contribution is -2.50. The van der Waals surface area contributed by atoms with Crippen LogP contribution in [0.3, 0.4) is 0 Å². The molecule has 1 fully saturated rings. The van der Waals surface area contributed by atoms with Crippen LogP contribution in [0, 0.1) is 5.41 Å². The largest absolute Gasteiger partial charge is 0.598 e. The third-order valence-corrected chi connectivity index (χ3v) is 10.7. The average Bonchev–Trinajstić information content (AvgIpc) is 3.51. The minimum Gasteiger partial charge on any atom is -0.598 e. The number of nitrogens with one attached hydrogen (secondary N) is 1. The molecule has 13 heteroatoms. The Hall–Kier alpha value is -2.64. The number of aromatic nitrogens is 6. The van der Waals surface area contributed by atoms with Crippen molar-refractivity contribution in [3.05, 3.63) is 59.4 Å². The Balaban J connectivity index is 1.25. The summed E-state index contributed by atoms with van der Waals surface area (Å²) < 4.78 is 18.2. The van der Waals surface area contributed by atoms with Gasteiger partial charge in [0, 0.05) is 59.0 Å². The summed E-state index contributed by atoms with van der Waals surface area (Å²) in [4.78, 5) is 17.4. The van der Waals surface area contributed by atoms with Gasteiger partial charge < -0.3 is 15.2 Å². The van der Waals surface area contributed by atoms with Crippen LogP contribution < -0.4 is 15.4 Å². The lowest BCUT2D eigenvalue weighted by molar-refractivity contribution is 0.175. The highest BCUT2D eigenvalue weighted by Gasteiger charge is 2.51. The first-order valence-electron chi connectivity index (χ1n) is 12.8. The summed E-state index contributed by atoms with van der Waals surface area (Å²) in [6.07, 6.45) is 9.69. The van der Waals surface area contributed by atoms with Crippen molar-refractivity contribution in [2.45, 2.75) is 60.6 Å². The van der Waals surface area contributed by atoms with Crippen molar-refractivity contribution in [1.82, 2.24) is 34.3 Å². The van der Waals surface area contributed by atoms with E-state index in [9.17, 15) is 4.55 Å².